The Kier molecular flexibility index (Phi) is 6.46. The van der Waals surface area contributed by atoms with Gasteiger partial charge in [0.05, 0.1) is 7.11 Å². The van der Waals surface area contributed by atoms with Crippen molar-refractivity contribution in [1.82, 2.24) is 0 Å². The van der Waals surface area contributed by atoms with Crippen molar-refractivity contribution < 1.29 is 13.9 Å². The van der Waals surface area contributed by atoms with E-state index in [1.807, 2.05) is 54.6 Å². The molecule has 2 rings (SSSR count). The molecule has 0 unspecified atom stereocenters. The Morgan fingerprint density at radius 1 is 1.09 bits per heavy atom. The molecule has 0 fully saturated rings. The van der Waals surface area contributed by atoms with E-state index < -0.39 is 11.3 Å². The van der Waals surface area contributed by atoms with Gasteiger partial charge < -0.3 is 4.74 Å². The molecule has 0 spiro atoms. The molecule has 2 aromatic rings. The number of carbonyl (C=O) groups excluding carboxylic acids is 1. The molecule has 0 saturated carbocycles. The molecule has 0 N–H and O–H groups in total. The third kappa shape index (κ3) is 5.19. The number of aryl methyl sites for hydroxylation is 1. The van der Waals surface area contributed by atoms with E-state index in [-0.39, 0.29) is 6.42 Å². The van der Waals surface area contributed by atoms with Crippen LogP contribution in [-0.2, 0) is 17.0 Å². The SMILES string of the molecule is COc1ccc(CSC(=O)[C@H](F)CCc2ccccc2)cc1. The molecule has 2 nitrogen and oxygen atoms in total. The molecule has 4 heteroatoms. The van der Waals surface area contributed by atoms with Gasteiger partial charge in [0.1, 0.15) is 5.75 Å². The first-order valence-electron chi connectivity index (χ1n) is 7.16. The molecule has 0 saturated heterocycles. The van der Waals surface area contributed by atoms with Crippen molar-refractivity contribution in [3.63, 3.8) is 0 Å². The van der Waals surface area contributed by atoms with Crippen molar-refractivity contribution in [3.05, 3.63) is 65.7 Å². The summed E-state index contributed by atoms with van der Waals surface area (Å²) in [5.41, 5.74) is 2.03. The van der Waals surface area contributed by atoms with Gasteiger partial charge in [-0.15, -0.1) is 0 Å². The number of benzene rings is 2. The van der Waals surface area contributed by atoms with Gasteiger partial charge in [0.25, 0.3) is 0 Å². The van der Waals surface area contributed by atoms with E-state index in [0.29, 0.717) is 12.2 Å². The molecule has 22 heavy (non-hydrogen) atoms. The van der Waals surface area contributed by atoms with Gasteiger partial charge in [-0.3, -0.25) is 4.79 Å². The molecule has 1 atom stereocenters. The van der Waals surface area contributed by atoms with Crippen LogP contribution in [0.2, 0.25) is 0 Å². The van der Waals surface area contributed by atoms with Gasteiger partial charge in [-0.25, -0.2) is 4.39 Å². The van der Waals surface area contributed by atoms with E-state index in [1.165, 1.54) is 0 Å². The molecule has 0 aliphatic rings. The number of halogens is 1. The van der Waals surface area contributed by atoms with Crippen LogP contribution in [0.5, 0.6) is 5.75 Å². The van der Waals surface area contributed by atoms with Crippen molar-refractivity contribution in [2.24, 2.45) is 0 Å². The number of methoxy groups -OCH3 is 1. The minimum atomic E-state index is -1.41. The van der Waals surface area contributed by atoms with Gasteiger partial charge in [0.2, 0.25) is 5.12 Å². The van der Waals surface area contributed by atoms with E-state index in [2.05, 4.69) is 0 Å². The summed E-state index contributed by atoms with van der Waals surface area (Å²) in [7, 11) is 1.60. The molecule has 0 bridgehead atoms. The molecule has 0 heterocycles. The van der Waals surface area contributed by atoms with Crippen LogP contribution < -0.4 is 4.74 Å². The summed E-state index contributed by atoms with van der Waals surface area (Å²) in [6.07, 6.45) is -0.599. The van der Waals surface area contributed by atoms with E-state index in [9.17, 15) is 9.18 Å². The molecule has 0 amide bonds. The maximum absolute atomic E-state index is 13.9. The largest absolute Gasteiger partial charge is 0.497 e. The minimum absolute atomic E-state index is 0.235. The number of hydrogen-bond donors (Lipinski definition) is 0. The zero-order chi connectivity index (χ0) is 15.8. The van der Waals surface area contributed by atoms with Gasteiger partial charge in [0.15, 0.2) is 6.17 Å². The lowest BCUT2D eigenvalue weighted by Crippen LogP contribution is -2.13. The lowest BCUT2D eigenvalue weighted by Gasteiger charge is -2.07. The molecular formula is C18H19FO2S. The molecule has 0 aliphatic heterocycles. The van der Waals surface area contributed by atoms with Gasteiger partial charge >= 0.3 is 0 Å². The normalized spacial score (nSPS) is 11.9. The average molecular weight is 318 g/mol. The van der Waals surface area contributed by atoms with E-state index in [0.717, 1.165) is 28.6 Å². The van der Waals surface area contributed by atoms with Crippen LogP contribution in [0.15, 0.2) is 54.6 Å². The predicted molar refractivity (Wildman–Crippen MR) is 89.0 cm³/mol. The van der Waals surface area contributed by atoms with E-state index >= 15 is 0 Å². The highest BCUT2D eigenvalue weighted by Gasteiger charge is 2.17. The summed E-state index contributed by atoms with van der Waals surface area (Å²) in [5, 5.41) is -0.397. The monoisotopic (exact) mass is 318 g/mol. The second-order valence-corrected chi connectivity index (χ2v) is 5.93. The number of alkyl halides is 1. The van der Waals surface area contributed by atoms with Crippen LogP contribution in [0.3, 0.4) is 0 Å². The van der Waals surface area contributed by atoms with Crippen molar-refractivity contribution in [2.45, 2.75) is 24.8 Å². The quantitative estimate of drug-likeness (QED) is 0.755. The Morgan fingerprint density at radius 3 is 2.41 bits per heavy atom. The van der Waals surface area contributed by atoms with E-state index in [4.69, 9.17) is 4.74 Å². The van der Waals surface area contributed by atoms with Gasteiger partial charge in [-0.05, 0) is 36.1 Å². The third-order valence-electron chi connectivity index (χ3n) is 3.33. The molecule has 0 radical (unpaired) electrons. The summed E-state index contributed by atoms with van der Waals surface area (Å²) >= 11 is 1.03. The highest BCUT2D eigenvalue weighted by molar-refractivity contribution is 8.13. The molecular weight excluding hydrogens is 299 g/mol. The Labute approximate surface area is 134 Å². The fourth-order valence-corrected chi connectivity index (χ4v) is 2.82. The molecule has 116 valence electrons. The summed E-state index contributed by atoms with van der Waals surface area (Å²) in [4.78, 5) is 11.8. The van der Waals surface area contributed by atoms with Crippen molar-refractivity contribution >= 4 is 16.9 Å². The number of hydrogen-bond acceptors (Lipinski definition) is 3. The second-order valence-electron chi connectivity index (χ2n) is 4.95. The summed E-state index contributed by atoms with van der Waals surface area (Å²) in [6.45, 7) is 0. The van der Waals surface area contributed by atoms with Gasteiger partial charge in [-0.2, -0.15) is 0 Å². The fourth-order valence-electron chi connectivity index (χ4n) is 2.02. The number of rotatable bonds is 7. The van der Waals surface area contributed by atoms with Crippen molar-refractivity contribution in [1.29, 1.82) is 0 Å². The maximum Gasteiger partial charge on any atom is 0.223 e. The zero-order valence-electron chi connectivity index (χ0n) is 12.5. The lowest BCUT2D eigenvalue weighted by molar-refractivity contribution is -0.115. The summed E-state index contributed by atoms with van der Waals surface area (Å²) in [6, 6.07) is 17.1. The lowest BCUT2D eigenvalue weighted by atomic mass is 10.1. The summed E-state index contributed by atoms with van der Waals surface area (Å²) in [5.74, 6) is 1.25. The van der Waals surface area contributed by atoms with Crippen LogP contribution in [0, 0.1) is 0 Å². The van der Waals surface area contributed by atoms with E-state index in [1.54, 1.807) is 7.11 Å². The Bertz CT molecular complexity index is 584. The van der Waals surface area contributed by atoms with Crippen LogP contribution >= 0.6 is 11.8 Å². The van der Waals surface area contributed by atoms with Crippen molar-refractivity contribution in [2.75, 3.05) is 7.11 Å². The van der Waals surface area contributed by atoms with Crippen LogP contribution in [0.1, 0.15) is 17.5 Å². The Hall–Kier alpha value is -1.81. The van der Waals surface area contributed by atoms with Crippen LogP contribution in [-0.4, -0.2) is 18.4 Å². The zero-order valence-corrected chi connectivity index (χ0v) is 13.3. The van der Waals surface area contributed by atoms with Crippen molar-refractivity contribution in [3.8, 4) is 5.75 Å². The minimum Gasteiger partial charge on any atom is -0.497 e. The topological polar surface area (TPSA) is 26.3 Å². The van der Waals surface area contributed by atoms with Gasteiger partial charge in [-0.1, -0.05) is 54.2 Å². The second kappa shape index (κ2) is 8.59. The number of carbonyl (C=O) groups is 1. The Morgan fingerprint density at radius 2 is 1.77 bits per heavy atom. The fraction of sp³-hybridized carbons (Fsp3) is 0.278. The first-order chi connectivity index (χ1) is 10.7. The molecule has 0 aliphatic carbocycles. The smallest absolute Gasteiger partial charge is 0.223 e. The number of thioether (sulfide) groups is 1. The Balaban J connectivity index is 1.76. The van der Waals surface area contributed by atoms with Crippen LogP contribution in [0.25, 0.3) is 0 Å². The first kappa shape index (κ1) is 16.6. The van der Waals surface area contributed by atoms with Gasteiger partial charge in [0, 0.05) is 5.75 Å². The number of ether oxygens (including phenoxy) is 1. The highest BCUT2D eigenvalue weighted by Crippen LogP contribution is 2.20. The highest BCUT2D eigenvalue weighted by atomic mass is 32.2. The molecule has 0 aromatic heterocycles. The first-order valence-corrected chi connectivity index (χ1v) is 8.15. The van der Waals surface area contributed by atoms with Crippen LogP contribution in [0.4, 0.5) is 4.39 Å². The molecule has 2 aromatic carbocycles. The maximum atomic E-state index is 13.9. The standard InChI is InChI=1S/C18H19FO2S/c1-21-16-10-7-15(8-11-16)13-22-18(20)17(19)12-9-14-5-3-2-4-6-14/h2-8,10-11,17H,9,12-13H2,1H3/t17-/m1/s1. The third-order valence-corrected chi connectivity index (χ3v) is 4.34. The predicted octanol–water partition coefficient (Wildman–Crippen LogP) is 4.43. The summed E-state index contributed by atoms with van der Waals surface area (Å²) < 4.78 is 19.0. The average Bonchev–Trinajstić information content (AvgIpc) is 2.58.